The summed E-state index contributed by atoms with van der Waals surface area (Å²) < 4.78 is 6.62. The number of hydrogen-bond acceptors (Lipinski definition) is 5. The monoisotopic (exact) mass is 728 g/mol. The number of rotatable bonds is 6. The molecule has 0 fully saturated rings. The molecular weight excluding hydrogens is 697 g/mol. The second-order valence-corrected chi connectivity index (χ2v) is 14.2. The first-order valence-electron chi connectivity index (χ1n) is 19.1. The standard InChI is InChI=1S/C52H32N4O/c1-4-15-34(16-5-1)49-42-32-45-48(41-24-11-13-26-44(41)57-45)46(47(42)40-23-10-12-25-43(40)53-49)39-22-14-21-38(31-39)33-27-29-37(30-28-33)52-55-50(35-17-6-2-7-18-35)54-51(56-52)36-19-8-3-9-20-36/h1-32H. The Balaban J connectivity index is 1.09. The molecule has 5 heteroatoms. The molecule has 0 atom stereocenters. The number of nitrogens with zero attached hydrogens (tertiary/aromatic N) is 4. The van der Waals surface area contributed by atoms with Gasteiger partial charge >= 0.3 is 0 Å². The van der Waals surface area contributed by atoms with Gasteiger partial charge in [0.15, 0.2) is 17.5 Å². The van der Waals surface area contributed by atoms with Crippen LogP contribution < -0.4 is 0 Å². The number of benzene rings is 8. The van der Waals surface area contributed by atoms with Crippen molar-refractivity contribution in [1.82, 2.24) is 19.9 Å². The molecule has 0 spiro atoms. The molecular formula is C52H32N4O. The van der Waals surface area contributed by atoms with Gasteiger partial charge in [0.1, 0.15) is 11.2 Å². The summed E-state index contributed by atoms with van der Waals surface area (Å²) in [5.41, 5.74) is 11.9. The van der Waals surface area contributed by atoms with Gasteiger partial charge in [-0.3, -0.25) is 0 Å². The fourth-order valence-corrected chi connectivity index (χ4v) is 8.03. The van der Waals surface area contributed by atoms with Crippen molar-refractivity contribution in [3.05, 3.63) is 194 Å². The average Bonchev–Trinajstić information content (AvgIpc) is 3.67. The van der Waals surface area contributed by atoms with Crippen molar-refractivity contribution in [3.8, 4) is 67.7 Å². The predicted octanol–water partition coefficient (Wildman–Crippen LogP) is 13.5. The zero-order chi connectivity index (χ0) is 37.7. The molecule has 0 N–H and O–H groups in total. The minimum atomic E-state index is 0.627. The van der Waals surface area contributed by atoms with Crippen molar-refractivity contribution in [2.75, 3.05) is 0 Å². The maximum atomic E-state index is 6.62. The lowest BCUT2D eigenvalue weighted by atomic mass is 9.88. The van der Waals surface area contributed by atoms with Gasteiger partial charge in [0.05, 0.1) is 11.2 Å². The highest BCUT2D eigenvalue weighted by atomic mass is 16.3. The molecule has 0 unspecified atom stereocenters. The van der Waals surface area contributed by atoms with Crippen molar-refractivity contribution < 1.29 is 4.42 Å². The minimum Gasteiger partial charge on any atom is -0.456 e. The third kappa shape index (κ3) is 5.72. The lowest BCUT2D eigenvalue weighted by molar-refractivity contribution is 0.669. The summed E-state index contributed by atoms with van der Waals surface area (Å²) in [7, 11) is 0. The van der Waals surface area contributed by atoms with E-state index in [0.717, 1.165) is 93.8 Å². The highest BCUT2D eigenvalue weighted by Gasteiger charge is 2.22. The van der Waals surface area contributed by atoms with E-state index in [2.05, 4.69) is 115 Å². The number of hydrogen-bond donors (Lipinski definition) is 0. The molecule has 5 nitrogen and oxygen atoms in total. The van der Waals surface area contributed by atoms with E-state index in [9.17, 15) is 0 Å². The van der Waals surface area contributed by atoms with E-state index in [1.807, 2.05) is 78.9 Å². The first kappa shape index (κ1) is 32.7. The molecule has 8 aromatic carbocycles. The number of pyridine rings is 1. The van der Waals surface area contributed by atoms with E-state index >= 15 is 0 Å². The molecule has 0 aliphatic heterocycles. The van der Waals surface area contributed by atoms with E-state index in [4.69, 9.17) is 24.4 Å². The molecule has 3 heterocycles. The molecule has 11 aromatic rings. The van der Waals surface area contributed by atoms with Crippen molar-refractivity contribution in [1.29, 1.82) is 0 Å². The van der Waals surface area contributed by atoms with Crippen LogP contribution in [-0.4, -0.2) is 19.9 Å². The van der Waals surface area contributed by atoms with Crippen LogP contribution >= 0.6 is 0 Å². The van der Waals surface area contributed by atoms with E-state index in [0.29, 0.717) is 17.5 Å². The molecule has 266 valence electrons. The van der Waals surface area contributed by atoms with Crippen LogP contribution in [0.1, 0.15) is 0 Å². The summed E-state index contributed by atoms with van der Waals surface area (Å²) >= 11 is 0. The molecule has 3 aromatic heterocycles. The first-order valence-corrected chi connectivity index (χ1v) is 19.1. The quantitative estimate of drug-likeness (QED) is 0.160. The number of furan rings is 1. The van der Waals surface area contributed by atoms with Crippen LogP contribution in [0.3, 0.4) is 0 Å². The molecule has 57 heavy (non-hydrogen) atoms. The van der Waals surface area contributed by atoms with Gasteiger partial charge in [-0.1, -0.05) is 170 Å². The maximum Gasteiger partial charge on any atom is 0.164 e. The highest BCUT2D eigenvalue weighted by Crippen LogP contribution is 2.46. The molecule has 0 bridgehead atoms. The van der Waals surface area contributed by atoms with Crippen LogP contribution in [0.4, 0.5) is 0 Å². The normalized spacial score (nSPS) is 11.5. The summed E-state index contributed by atoms with van der Waals surface area (Å²) in [4.78, 5) is 20.0. The van der Waals surface area contributed by atoms with Crippen LogP contribution in [-0.2, 0) is 0 Å². The summed E-state index contributed by atoms with van der Waals surface area (Å²) in [6, 6.07) is 66.9. The Morgan fingerprint density at radius 1 is 0.298 bits per heavy atom. The Labute approximate surface area is 328 Å². The molecule has 0 aliphatic carbocycles. The van der Waals surface area contributed by atoms with Gasteiger partial charge in [-0.25, -0.2) is 19.9 Å². The summed E-state index contributed by atoms with van der Waals surface area (Å²) in [5.74, 6) is 1.91. The van der Waals surface area contributed by atoms with Crippen LogP contribution in [0, 0.1) is 0 Å². The van der Waals surface area contributed by atoms with E-state index in [1.165, 1.54) is 0 Å². The Morgan fingerprint density at radius 3 is 1.47 bits per heavy atom. The average molecular weight is 729 g/mol. The SMILES string of the molecule is c1ccc(-c2nc(-c3ccccc3)nc(-c3ccc(-c4cccc(-c5c6c(cc7c(-c8ccccc8)nc8ccccc8c57)oc5ccccc56)c4)cc3)n2)cc1. The van der Waals surface area contributed by atoms with Crippen LogP contribution in [0.5, 0.6) is 0 Å². The van der Waals surface area contributed by atoms with Gasteiger partial charge in [0.25, 0.3) is 0 Å². The fraction of sp³-hybridized carbons (Fsp3) is 0. The Bertz CT molecular complexity index is 3210. The molecule has 11 rings (SSSR count). The van der Waals surface area contributed by atoms with Gasteiger partial charge in [0, 0.05) is 54.7 Å². The molecule has 0 amide bonds. The summed E-state index contributed by atoms with van der Waals surface area (Å²) in [5, 5.41) is 5.50. The lowest BCUT2D eigenvalue weighted by Gasteiger charge is -2.16. The zero-order valence-electron chi connectivity index (χ0n) is 30.7. The largest absolute Gasteiger partial charge is 0.456 e. The Hall–Kier alpha value is -7.76. The Morgan fingerprint density at radius 2 is 0.807 bits per heavy atom. The molecule has 0 aliphatic rings. The molecule has 0 radical (unpaired) electrons. The van der Waals surface area contributed by atoms with Crippen molar-refractivity contribution in [3.63, 3.8) is 0 Å². The van der Waals surface area contributed by atoms with E-state index in [-0.39, 0.29) is 0 Å². The molecule has 0 saturated carbocycles. The summed E-state index contributed by atoms with van der Waals surface area (Å²) in [6.07, 6.45) is 0. The fourth-order valence-electron chi connectivity index (χ4n) is 8.03. The topological polar surface area (TPSA) is 64.7 Å². The van der Waals surface area contributed by atoms with Crippen LogP contribution in [0.2, 0.25) is 0 Å². The Kier molecular flexibility index (Phi) is 7.74. The van der Waals surface area contributed by atoms with Crippen molar-refractivity contribution >= 4 is 43.6 Å². The van der Waals surface area contributed by atoms with Crippen LogP contribution in [0.25, 0.3) is 111 Å². The third-order valence-electron chi connectivity index (χ3n) is 10.7. The van der Waals surface area contributed by atoms with Gasteiger partial charge in [0.2, 0.25) is 0 Å². The van der Waals surface area contributed by atoms with Crippen molar-refractivity contribution in [2.24, 2.45) is 0 Å². The second kappa shape index (κ2) is 13.5. The number of aromatic nitrogens is 4. The lowest BCUT2D eigenvalue weighted by Crippen LogP contribution is -2.00. The first-order chi connectivity index (χ1) is 28.2. The van der Waals surface area contributed by atoms with Crippen LogP contribution in [0.15, 0.2) is 199 Å². The molecule has 0 saturated heterocycles. The van der Waals surface area contributed by atoms with Gasteiger partial charge in [-0.2, -0.15) is 0 Å². The third-order valence-corrected chi connectivity index (χ3v) is 10.7. The van der Waals surface area contributed by atoms with Gasteiger partial charge < -0.3 is 4.42 Å². The predicted molar refractivity (Wildman–Crippen MR) is 233 cm³/mol. The number of para-hydroxylation sites is 2. The van der Waals surface area contributed by atoms with Gasteiger partial charge in [-0.15, -0.1) is 0 Å². The van der Waals surface area contributed by atoms with E-state index < -0.39 is 0 Å². The smallest absolute Gasteiger partial charge is 0.164 e. The van der Waals surface area contributed by atoms with Crippen molar-refractivity contribution in [2.45, 2.75) is 0 Å². The minimum absolute atomic E-state index is 0.627. The second-order valence-electron chi connectivity index (χ2n) is 14.2. The highest BCUT2D eigenvalue weighted by molar-refractivity contribution is 6.27. The zero-order valence-corrected chi connectivity index (χ0v) is 30.7. The maximum absolute atomic E-state index is 6.62. The van der Waals surface area contributed by atoms with E-state index in [1.54, 1.807) is 0 Å². The summed E-state index contributed by atoms with van der Waals surface area (Å²) in [6.45, 7) is 0. The number of fused-ring (bicyclic) bond motifs is 6. The van der Waals surface area contributed by atoms with Gasteiger partial charge in [-0.05, 0) is 41.0 Å².